The van der Waals surface area contributed by atoms with Crippen molar-refractivity contribution < 1.29 is 505 Å². The van der Waals surface area contributed by atoms with E-state index in [1.165, 1.54) is 0 Å². The molecule has 0 bridgehead atoms. The second-order valence-electron chi connectivity index (χ2n) is 1.50. The molecule has 0 saturated carbocycles. The molecule has 0 atom stereocenters. The van der Waals surface area contributed by atoms with Crippen LogP contribution in [0.1, 0.15) is 0 Å². The number of hydrogen-bond acceptors (Lipinski definition) is 68. The van der Waals surface area contributed by atoms with E-state index in [0.717, 1.165) is 0 Å². The number of rotatable bonds is 0. The number of hydrogen-bond donors (Lipinski definition) is 0. The van der Waals surface area contributed by atoms with E-state index in [1.54, 1.807) is 0 Å². The van der Waals surface area contributed by atoms with Crippen molar-refractivity contribution in [3.05, 3.63) is 0 Å². The van der Waals surface area contributed by atoms with Crippen LogP contribution in [0.2, 0.25) is 0 Å². The van der Waals surface area contributed by atoms with E-state index in [1.807, 2.05) is 0 Å². The van der Waals surface area contributed by atoms with Crippen LogP contribution in [0.5, 0.6) is 0 Å². The zero-order valence-corrected chi connectivity index (χ0v) is 87.7. The van der Waals surface area contributed by atoms with E-state index >= 15 is 0 Å². The first-order valence-corrected chi connectivity index (χ1v) is 22.0. The Bertz CT molecular complexity index is 968. The van der Waals surface area contributed by atoms with Crippen molar-refractivity contribution in [1.29, 1.82) is 0 Å². The molecule has 100 heavy (non-hydrogen) atoms. The molecule has 0 aliphatic heterocycles. The normalized spacial score (nSPS) is 1.44. The van der Waals surface area contributed by atoms with E-state index in [0.29, 0.717) is 0 Å². The summed E-state index contributed by atoms with van der Waals surface area (Å²) >= 11 is 0. The first-order valence-electron chi connectivity index (χ1n) is 7.35. The van der Waals surface area contributed by atoms with Gasteiger partial charge in [0.2, 0.25) is 0 Å². The fourth-order valence-electron chi connectivity index (χ4n) is 0. The molecule has 68 nitrogen and oxygen atoms in total. The van der Waals surface area contributed by atoms with Gasteiger partial charge in [0.15, 0.2) is 0 Å². The Balaban J connectivity index is -0.00000000215. The summed E-state index contributed by atoms with van der Waals surface area (Å²) in [6.45, 7) is 0. The zero-order valence-electron chi connectivity index (χ0n) is 48.2. The molecule has 0 unspecified atom stereocenters. The molecule has 0 aromatic heterocycles. The quantitative estimate of drug-likeness (QED) is 0.203. The van der Waals surface area contributed by atoms with Gasteiger partial charge in [-0.25, -0.2) is 0 Å². The van der Waals surface area contributed by atoms with Gasteiger partial charge in [0.05, 0.1) is 0 Å². The Morgan fingerprint density at radius 2 is 0.0800 bits per heavy atom. The van der Waals surface area contributed by atoms with Crippen LogP contribution in [-0.4, -0.2) is 499 Å². The van der Waals surface area contributed by atoms with Gasteiger partial charge >= 0.3 is 493 Å². The molecular weight excluding hydrogens is 1970 g/mol. The van der Waals surface area contributed by atoms with Gasteiger partial charge in [0, 0.05) is 0 Å². The first kappa shape index (κ1) is 664. The molecule has 0 radical (unpaired) electrons. The van der Waals surface area contributed by atoms with Crippen LogP contribution in [0.25, 0.3) is 0 Å². The second kappa shape index (κ2) is 1990. The maximum Gasteiger partial charge on any atom is 3.00 e. The third-order valence-electron chi connectivity index (χ3n) is 0. The molecule has 0 spiro atoms. The summed E-state index contributed by atoms with van der Waals surface area (Å²) in [7, 11) is -25.5. The van der Waals surface area contributed by atoms with Gasteiger partial charge in [0.1, 0.15) is 0 Å². The molecular formula is H32Al9KNa4O68Si18. The van der Waals surface area contributed by atoms with Crippen LogP contribution in [0.15, 0.2) is 0 Å². The molecule has 0 heterocycles. The Kier molecular flexibility index (Phi) is 13200. The minimum atomic E-state index is -1.42. The summed E-state index contributed by atoms with van der Waals surface area (Å²) in [5.41, 5.74) is 0. The average molecular weight is 2000 g/mol. The van der Waals surface area contributed by atoms with Crippen LogP contribution in [0, 0.1) is 0 Å². The maximum atomic E-state index is 8.40. The van der Waals surface area contributed by atoms with Crippen molar-refractivity contribution in [2.45, 2.75) is 0 Å². The molecule has 32 N–H and O–H groups in total. The standard InChI is InChI=1S/9Al.K.4Na.18O2Si.32H2O/c;;;;;;;;;;;;;;18*1-3-2;;;;;;;;;;;;;;;;;;;;;;;;;;;;;;;;/h;;;;;;;;;;;;;;;;;;;;;;;;;;;;;;;;32*1H2/q9*+3;5*+1;;;;;;;;;;;;;;;;;;;;;;;;;;;;;;;;;;;;;;;;;;;;;;;;;;/p-32. The largest absolute Gasteiger partial charge is 3.00 e. The van der Waals surface area contributed by atoms with Crippen LogP contribution in [-0.2, 0) is 161 Å². The molecule has 0 aromatic rings. The maximum absolute atomic E-state index is 8.40. The van der Waals surface area contributed by atoms with Crippen molar-refractivity contribution in [1.82, 2.24) is 0 Å². The van der Waals surface area contributed by atoms with Crippen molar-refractivity contribution >= 4 is 324 Å². The van der Waals surface area contributed by atoms with Gasteiger partial charge in [-0.05, 0) is 0 Å². The molecule has 100 heteroatoms. The third-order valence-corrected chi connectivity index (χ3v) is 0. The van der Waals surface area contributed by atoms with Gasteiger partial charge < -0.3 is 175 Å². The van der Waals surface area contributed by atoms with Gasteiger partial charge in [-0.1, -0.05) is 0 Å². The van der Waals surface area contributed by atoms with Crippen LogP contribution < -0.4 is 170 Å². The summed E-state index contributed by atoms with van der Waals surface area (Å²) in [4.78, 5) is 0. The van der Waals surface area contributed by atoms with E-state index < -0.39 is 167 Å². The molecule has 0 rings (SSSR count). The minimum absolute atomic E-state index is 0. The molecule has 0 fully saturated rings. The molecule has 0 saturated heterocycles. The van der Waals surface area contributed by atoms with Gasteiger partial charge in [-0.2, -0.15) is 0 Å². The molecule has 0 aromatic carbocycles. The second-order valence-corrected chi connectivity index (χ2v) is 4.50. The molecule has 0 aliphatic carbocycles. The minimum Gasteiger partial charge on any atom is -0.870 e. The predicted octanol–water partition coefficient (Wildman–Crippen LogP) is -35.2. The van der Waals surface area contributed by atoms with E-state index in [4.69, 9.17) is 161 Å². The van der Waals surface area contributed by atoms with Crippen molar-refractivity contribution in [2.75, 3.05) is 0 Å². The van der Waals surface area contributed by atoms with Crippen molar-refractivity contribution in [2.24, 2.45) is 0 Å². The fraction of sp³-hybridized carbons (Fsp3) is 0. The first-order chi connectivity index (χ1) is 25.5. The predicted molar refractivity (Wildman–Crippen MR) is 242 cm³/mol. The summed E-state index contributed by atoms with van der Waals surface area (Å²) < 4.78 is 302. The van der Waals surface area contributed by atoms with E-state index in [-0.39, 0.29) is 501 Å². The summed E-state index contributed by atoms with van der Waals surface area (Å²) in [5, 5.41) is 0. The average Bonchev–Trinajstić information content (AvgIpc) is 3.04. The van der Waals surface area contributed by atoms with Gasteiger partial charge in [-0.15, -0.1) is 0 Å². The summed E-state index contributed by atoms with van der Waals surface area (Å²) in [6, 6.07) is 0. The van der Waals surface area contributed by atoms with E-state index in [9.17, 15) is 0 Å². The van der Waals surface area contributed by atoms with Crippen LogP contribution in [0.4, 0.5) is 0 Å². The van der Waals surface area contributed by atoms with E-state index in [2.05, 4.69) is 0 Å². The van der Waals surface area contributed by atoms with Gasteiger partial charge in [-0.3, -0.25) is 161 Å². The van der Waals surface area contributed by atoms with Crippen LogP contribution >= 0.6 is 0 Å². The van der Waals surface area contributed by atoms with Crippen molar-refractivity contribution in [3.63, 3.8) is 0 Å². The van der Waals surface area contributed by atoms with Crippen LogP contribution in [0.3, 0.4) is 0 Å². The SMILES string of the molecule is O=[Si]=O.O=[Si]=O.O=[Si]=O.O=[Si]=O.O=[Si]=O.O=[Si]=O.O=[Si]=O.O=[Si]=O.O=[Si]=O.O=[Si]=O.O=[Si]=O.O=[Si]=O.O=[Si]=O.O=[Si]=O.O=[Si]=O.O=[Si]=O.O=[Si]=O.O=[Si]=O.[Al+3].[Al+3].[Al+3].[Al+3].[Al+3].[Al+3].[Al+3].[Al+3].[Al+3].[K+].[Na+].[Na+].[Na+].[Na+].[OH-].[OH-].[OH-].[OH-].[OH-].[OH-].[OH-].[OH-].[OH-].[OH-].[OH-].[OH-].[OH-].[OH-].[OH-].[OH-].[OH-].[OH-].[OH-].[OH-].[OH-].[OH-].[OH-].[OH-].[OH-].[OH-].[OH-].[OH-].[OH-].[OH-].[OH-].[OH-]. The Morgan fingerprint density at radius 1 is 0.0800 bits per heavy atom. The Hall–Kier alpha value is 5.85. The Morgan fingerprint density at radius 3 is 0.0800 bits per heavy atom. The topological polar surface area (TPSA) is 1570 Å². The van der Waals surface area contributed by atoms with Gasteiger partial charge in [0.25, 0.3) is 0 Å². The summed E-state index contributed by atoms with van der Waals surface area (Å²) in [6.07, 6.45) is 0. The molecule has 0 amide bonds. The molecule has 544 valence electrons. The third kappa shape index (κ3) is 32100. The summed E-state index contributed by atoms with van der Waals surface area (Å²) in [5.74, 6) is 0. The van der Waals surface area contributed by atoms with Crippen molar-refractivity contribution in [3.8, 4) is 0 Å². The smallest absolute Gasteiger partial charge is 0.870 e. The Labute approximate surface area is 816 Å². The molecule has 0 aliphatic rings. The zero-order chi connectivity index (χ0) is 48.7. The fourth-order valence-corrected chi connectivity index (χ4v) is 0. The monoisotopic (exact) mass is 2000 g/mol.